The zero-order valence-corrected chi connectivity index (χ0v) is 15.0. The van der Waals surface area contributed by atoms with Gasteiger partial charge in [-0.2, -0.15) is 5.10 Å². The number of nitrogens with zero attached hydrogens (tertiary/aromatic N) is 3. The summed E-state index contributed by atoms with van der Waals surface area (Å²) in [7, 11) is 0. The van der Waals surface area contributed by atoms with Gasteiger partial charge in [0, 0.05) is 9.75 Å². The fraction of sp³-hybridized carbons (Fsp3) is 0.294. The summed E-state index contributed by atoms with van der Waals surface area (Å²) in [6, 6.07) is 3.82. The first kappa shape index (κ1) is 16.2. The molecule has 3 heterocycles. The van der Waals surface area contributed by atoms with Crippen LogP contribution in [0.25, 0.3) is 10.2 Å². The molecule has 0 atom stereocenters. The molecule has 3 aromatic heterocycles. The van der Waals surface area contributed by atoms with E-state index in [0.29, 0.717) is 5.39 Å². The molecule has 0 bridgehead atoms. The number of hydrogen-bond donors (Lipinski definition) is 1. The summed E-state index contributed by atoms with van der Waals surface area (Å²) in [6.45, 7) is -0.0891. The maximum atomic E-state index is 12.8. The van der Waals surface area contributed by atoms with Gasteiger partial charge in [-0.05, 0) is 42.7 Å². The quantitative estimate of drug-likeness (QED) is 0.565. The van der Waals surface area contributed by atoms with Crippen LogP contribution in [0.5, 0.6) is 0 Å². The molecule has 0 spiro atoms. The lowest BCUT2D eigenvalue weighted by Gasteiger charge is -2.10. The van der Waals surface area contributed by atoms with Crippen molar-refractivity contribution >= 4 is 45.0 Å². The van der Waals surface area contributed by atoms with Crippen LogP contribution in [0.2, 0.25) is 0 Å². The van der Waals surface area contributed by atoms with E-state index < -0.39 is 0 Å². The van der Waals surface area contributed by atoms with Gasteiger partial charge in [0.05, 0.1) is 17.9 Å². The van der Waals surface area contributed by atoms with Gasteiger partial charge in [-0.15, -0.1) is 22.7 Å². The normalized spacial score (nSPS) is 14.1. The second-order valence-corrected chi connectivity index (χ2v) is 7.94. The Morgan fingerprint density at radius 3 is 3.12 bits per heavy atom. The molecule has 0 saturated heterocycles. The van der Waals surface area contributed by atoms with Gasteiger partial charge in [0.2, 0.25) is 0 Å². The van der Waals surface area contributed by atoms with Gasteiger partial charge in [-0.25, -0.2) is 10.4 Å². The number of carbonyl (C=O) groups excluding carboxylic acids is 1. The summed E-state index contributed by atoms with van der Waals surface area (Å²) < 4.78 is 1.36. The summed E-state index contributed by atoms with van der Waals surface area (Å²) in [6.07, 6.45) is 7.25. The lowest BCUT2D eigenvalue weighted by molar-refractivity contribution is -0.121. The van der Waals surface area contributed by atoms with Crippen LogP contribution in [0.4, 0.5) is 0 Å². The fourth-order valence-electron chi connectivity index (χ4n) is 3.02. The second kappa shape index (κ2) is 6.89. The predicted molar refractivity (Wildman–Crippen MR) is 101 cm³/mol. The first-order chi connectivity index (χ1) is 12.2. The standard InChI is InChI=1S/C17H16N4O2S2/c22-14(20-19-8-11-4-3-7-24-11)9-21-10-18-16-15(17(21)23)12-5-1-2-6-13(12)25-16/h3-4,7-8,10H,1-2,5-6,9H2,(H,20,22)/b19-8+. The van der Waals surface area contributed by atoms with Gasteiger partial charge >= 0.3 is 0 Å². The minimum absolute atomic E-state index is 0.0891. The number of fused-ring (bicyclic) bond motifs is 3. The summed E-state index contributed by atoms with van der Waals surface area (Å²) in [4.78, 5) is 32.2. The lowest BCUT2D eigenvalue weighted by Crippen LogP contribution is -2.30. The topological polar surface area (TPSA) is 76.3 Å². The molecule has 6 nitrogen and oxygen atoms in total. The van der Waals surface area contributed by atoms with Crippen LogP contribution in [0.3, 0.4) is 0 Å². The van der Waals surface area contributed by atoms with Gasteiger partial charge in [-0.3, -0.25) is 14.2 Å². The Morgan fingerprint density at radius 1 is 1.40 bits per heavy atom. The number of aromatic nitrogens is 2. The van der Waals surface area contributed by atoms with Crippen molar-refractivity contribution in [1.29, 1.82) is 0 Å². The van der Waals surface area contributed by atoms with Crippen molar-refractivity contribution in [2.75, 3.05) is 0 Å². The van der Waals surface area contributed by atoms with Gasteiger partial charge < -0.3 is 0 Å². The first-order valence-electron chi connectivity index (χ1n) is 8.07. The molecule has 0 unspecified atom stereocenters. The van der Waals surface area contributed by atoms with Crippen molar-refractivity contribution in [3.8, 4) is 0 Å². The maximum absolute atomic E-state index is 12.8. The number of aryl methyl sites for hydroxylation is 2. The highest BCUT2D eigenvalue weighted by molar-refractivity contribution is 7.18. The number of carbonyl (C=O) groups is 1. The predicted octanol–water partition coefficient (Wildman–Crippen LogP) is 2.55. The Labute approximate surface area is 151 Å². The van der Waals surface area contributed by atoms with Crippen LogP contribution in [0.1, 0.15) is 28.2 Å². The van der Waals surface area contributed by atoms with Gasteiger partial charge in [0.1, 0.15) is 11.4 Å². The monoisotopic (exact) mass is 372 g/mol. The zero-order valence-electron chi connectivity index (χ0n) is 13.4. The average molecular weight is 372 g/mol. The van der Waals surface area contributed by atoms with E-state index in [2.05, 4.69) is 15.5 Å². The molecule has 8 heteroatoms. The van der Waals surface area contributed by atoms with Gasteiger partial charge in [0.15, 0.2) is 0 Å². The van der Waals surface area contributed by atoms with Crippen molar-refractivity contribution in [2.24, 2.45) is 5.10 Å². The third-order valence-electron chi connectivity index (χ3n) is 4.18. The number of rotatable bonds is 4. The minimum Gasteiger partial charge on any atom is -0.289 e. The summed E-state index contributed by atoms with van der Waals surface area (Å²) >= 11 is 3.14. The highest BCUT2D eigenvalue weighted by Gasteiger charge is 2.20. The Hall–Kier alpha value is -2.32. The molecule has 1 aliphatic rings. The van der Waals surface area contributed by atoms with E-state index in [-0.39, 0.29) is 18.0 Å². The minimum atomic E-state index is -0.347. The molecule has 1 aliphatic carbocycles. The molecular weight excluding hydrogens is 356 g/mol. The van der Waals surface area contributed by atoms with Crippen molar-refractivity contribution in [2.45, 2.75) is 32.2 Å². The highest BCUT2D eigenvalue weighted by Crippen LogP contribution is 2.33. The van der Waals surface area contributed by atoms with E-state index in [0.717, 1.165) is 34.5 Å². The van der Waals surface area contributed by atoms with Gasteiger partial charge in [-0.1, -0.05) is 6.07 Å². The molecule has 0 saturated carbocycles. The summed E-state index contributed by atoms with van der Waals surface area (Å²) in [5.74, 6) is -0.347. The van der Waals surface area contributed by atoms with Crippen LogP contribution in [-0.4, -0.2) is 21.7 Å². The number of thiophene rings is 2. The summed E-state index contributed by atoms with van der Waals surface area (Å²) in [5, 5.41) is 6.54. The molecule has 0 aliphatic heterocycles. The van der Waals surface area contributed by atoms with Crippen LogP contribution < -0.4 is 11.0 Å². The SMILES string of the molecule is O=C(Cn1cnc2sc3c(c2c1=O)CCCC3)N/N=C/c1cccs1. The molecule has 1 N–H and O–H groups in total. The van der Waals surface area contributed by atoms with Crippen LogP contribution >= 0.6 is 22.7 Å². The zero-order chi connectivity index (χ0) is 17.2. The van der Waals surface area contributed by atoms with Crippen LogP contribution in [0, 0.1) is 0 Å². The molecule has 0 aromatic carbocycles. The molecular formula is C17H16N4O2S2. The van der Waals surface area contributed by atoms with Crippen LogP contribution in [-0.2, 0) is 24.2 Å². The number of hydrazone groups is 1. The average Bonchev–Trinajstić information content (AvgIpc) is 3.24. The van der Waals surface area contributed by atoms with Crippen molar-refractivity contribution < 1.29 is 4.79 Å². The third kappa shape index (κ3) is 3.27. The summed E-state index contributed by atoms with van der Waals surface area (Å²) in [5.41, 5.74) is 3.45. The lowest BCUT2D eigenvalue weighted by atomic mass is 9.97. The van der Waals surface area contributed by atoms with Gasteiger partial charge in [0.25, 0.3) is 11.5 Å². The third-order valence-corrected chi connectivity index (χ3v) is 6.19. The molecule has 4 rings (SSSR count). The molecule has 1 amide bonds. The van der Waals surface area contributed by atoms with E-state index in [1.807, 2.05) is 17.5 Å². The van der Waals surface area contributed by atoms with Crippen LogP contribution in [0.15, 0.2) is 33.7 Å². The highest BCUT2D eigenvalue weighted by atomic mass is 32.1. The maximum Gasteiger partial charge on any atom is 0.262 e. The van der Waals surface area contributed by atoms with E-state index in [4.69, 9.17) is 0 Å². The fourth-order valence-corrected chi connectivity index (χ4v) is 4.82. The van der Waals surface area contributed by atoms with Crippen molar-refractivity contribution in [3.63, 3.8) is 0 Å². The Morgan fingerprint density at radius 2 is 2.28 bits per heavy atom. The first-order valence-corrected chi connectivity index (χ1v) is 9.77. The van der Waals surface area contributed by atoms with Crippen molar-refractivity contribution in [1.82, 2.24) is 15.0 Å². The largest absolute Gasteiger partial charge is 0.289 e. The molecule has 25 heavy (non-hydrogen) atoms. The van der Waals surface area contributed by atoms with E-state index in [1.165, 1.54) is 33.5 Å². The molecule has 3 aromatic rings. The van der Waals surface area contributed by atoms with E-state index in [9.17, 15) is 9.59 Å². The number of hydrogen-bond acceptors (Lipinski definition) is 6. The Bertz CT molecular complexity index is 1000. The molecule has 0 radical (unpaired) electrons. The molecule has 0 fully saturated rings. The Kier molecular flexibility index (Phi) is 4.46. The smallest absolute Gasteiger partial charge is 0.262 e. The Balaban J connectivity index is 1.54. The van der Waals surface area contributed by atoms with Crippen molar-refractivity contribution in [3.05, 3.63) is 49.5 Å². The van der Waals surface area contributed by atoms with E-state index in [1.54, 1.807) is 17.6 Å². The molecule has 128 valence electrons. The number of amides is 1. The second-order valence-electron chi connectivity index (χ2n) is 5.88. The number of nitrogens with one attached hydrogen (secondary N) is 1. The van der Waals surface area contributed by atoms with E-state index >= 15 is 0 Å².